The molecule has 2 aromatic heterocycles. The highest BCUT2D eigenvalue weighted by Gasteiger charge is 2.52. The third kappa shape index (κ3) is 2.53. The molecule has 4 rings (SSSR count). The highest BCUT2D eigenvalue weighted by molar-refractivity contribution is 5.89. The number of aromatic nitrogens is 5. The number of nitrogens with two attached hydrogens (primary N) is 1. The van der Waals surface area contributed by atoms with Gasteiger partial charge in [-0.2, -0.15) is 15.0 Å². The van der Waals surface area contributed by atoms with Crippen LogP contribution in [0.5, 0.6) is 0 Å². The first kappa shape index (κ1) is 15.3. The number of ether oxygens (including phenoxy) is 1. The molecule has 0 saturated heterocycles. The molecule has 2 heterocycles. The number of rotatable bonds is 4. The lowest BCUT2D eigenvalue weighted by molar-refractivity contribution is -0.142. The molecule has 9 nitrogen and oxygen atoms in total. The van der Waals surface area contributed by atoms with Gasteiger partial charge in [0.15, 0.2) is 0 Å². The number of imidazole rings is 1. The Morgan fingerprint density at radius 1 is 1.24 bits per heavy atom. The fraction of sp³-hybridized carbons (Fsp3) is 0.312. The standard InChI is InChI=1S/C16H17N7O2/c1-9-18-13(17)21-14(19-9)23-11-6-4-3-5-10(11)20-15(23)22-16(7-8-16)12(24)25-2/h3-6H,7-8H2,1-2H3,(H,20,22)(H2,17,18,19,21). The number of para-hydroxylation sites is 2. The Bertz CT molecular complexity index is 958. The monoisotopic (exact) mass is 339 g/mol. The zero-order valence-electron chi connectivity index (χ0n) is 13.9. The van der Waals surface area contributed by atoms with Gasteiger partial charge in [-0.25, -0.2) is 14.3 Å². The Kier molecular flexibility index (Phi) is 3.31. The number of nitrogen functional groups attached to an aromatic ring is 1. The van der Waals surface area contributed by atoms with Gasteiger partial charge in [-0.15, -0.1) is 0 Å². The first-order valence-electron chi connectivity index (χ1n) is 7.85. The number of esters is 1. The maximum absolute atomic E-state index is 12.1. The first-order valence-corrected chi connectivity index (χ1v) is 7.85. The lowest BCUT2D eigenvalue weighted by Gasteiger charge is -2.16. The topological polar surface area (TPSA) is 121 Å². The van der Waals surface area contributed by atoms with E-state index in [1.165, 1.54) is 7.11 Å². The van der Waals surface area contributed by atoms with Gasteiger partial charge >= 0.3 is 5.97 Å². The highest BCUT2D eigenvalue weighted by atomic mass is 16.5. The Hall–Kier alpha value is -3.23. The van der Waals surface area contributed by atoms with E-state index >= 15 is 0 Å². The molecule has 0 radical (unpaired) electrons. The second kappa shape index (κ2) is 5.40. The SMILES string of the molecule is COC(=O)C1(Nc2nc3ccccc3n2-c2nc(C)nc(N)n2)CC1. The van der Waals surface area contributed by atoms with Crippen LogP contribution in [0.2, 0.25) is 0 Å². The summed E-state index contributed by atoms with van der Waals surface area (Å²) in [4.78, 5) is 29.3. The number of nitrogens with zero attached hydrogens (tertiary/aromatic N) is 5. The van der Waals surface area contributed by atoms with Gasteiger partial charge < -0.3 is 15.8 Å². The van der Waals surface area contributed by atoms with Crippen molar-refractivity contribution < 1.29 is 9.53 Å². The summed E-state index contributed by atoms with van der Waals surface area (Å²) in [5.74, 6) is 1.13. The van der Waals surface area contributed by atoms with Crippen molar-refractivity contribution in [3.8, 4) is 5.95 Å². The van der Waals surface area contributed by atoms with Crippen LogP contribution in [0.4, 0.5) is 11.9 Å². The maximum atomic E-state index is 12.1. The van der Waals surface area contributed by atoms with Crippen LogP contribution >= 0.6 is 0 Å². The number of fused-ring (bicyclic) bond motifs is 1. The van der Waals surface area contributed by atoms with E-state index in [0.29, 0.717) is 30.6 Å². The number of hydrogen-bond donors (Lipinski definition) is 2. The average molecular weight is 339 g/mol. The number of nitrogens with one attached hydrogen (secondary N) is 1. The predicted molar refractivity (Wildman–Crippen MR) is 91.2 cm³/mol. The summed E-state index contributed by atoms with van der Waals surface area (Å²) in [6.07, 6.45) is 1.36. The van der Waals surface area contributed by atoms with E-state index in [4.69, 9.17) is 10.5 Å². The van der Waals surface area contributed by atoms with E-state index in [1.54, 1.807) is 11.5 Å². The minimum Gasteiger partial charge on any atom is -0.467 e. The second-order valence-electron chi connectivity index (χ2n) is 6.00. The third-order valence-corrected chi connectivity index (χ3v) is 4.19. The minimum atomic E-state index is -0.749. The van der Waals surface area contributed by atoms with Crippen molar-refractivity contribution in [1.29, 1.82) is 0 Å². The lowest BCUT2D eigenvalue weighted by atomic mass is 10.3. The number of methoxy groups -OCH3 is 1. The van der Waals surface area contributed by atoms with Gasteiger partial charge in [0, 0.05) is 0 Å². The summed E-state index contributed by atoms with van der Waals surface area (Å²) in [7, 11) is 1.38. The van der Waals surface area contributed by atoms with Crippen LogP contribution in [0.25, 0.3) is 17.0 Å². The van der Waals surface area contributed by atoms with Gasteiger partial charge in [-0.1, -0.05) is 12.1 Å². The molecule has 0 spiro atoms. The molecule has 0 unspecified atom stereocenters. The van der Waals surface area contributed by atoms with Crippen LogP contribution in [0.3, 0.4) is 0 Å². The molecule has 1 saturated carbocycles. The van der Waals surface area contributed by atoms with E-state index in [1.807, 2.05) is 24.3 Å². The minimum absolute atomic E-state index is 0.125. The maximum Gasteiger partial charge on any atom is 0.331 e. The fourth-order valence-electron chi connectivity index (χ4n) is 2.81. The van der Waals surface area contributed by atoms with Gasteiger partial charge in [-0.3, -0.25) is 0 Å². The Balaban J connectivity index is 1.88. The molecule has 9 heteroatoms. The van der Waals surface area contributed by atoms with Gasteiger partial charge in [0.05, 0.1) is 18.1 Å². The number of benzene rings is 1. The van der Waals surface area contributed by atoms with Gasteiger partial charge in [0.25, 0.3) is 0 Å². The van der Waals surface area contributed by atoms with Gasteiger partial charge in [-0.05, 0) is 31.9 Å². The van der Waals surface area contributed by atoms with Crippen molar-refractivity contribution in [3.63, 3.8) is 0 Å². The Labute approximate surface area is 143 Å². The molecular formula is C16H17N7O2. The van der Waals surface area contributed by atoms with Crippen molar-refractivity contribution in [2.75, 3.05) is 18.2 Å². The number of carbonyl (C=O) groups excluding carboxylic acids is 1. The molecule has 25 heavy (non-hydrogen) atoms. The smallest absolute Gasteiger partial charge is 0.331 e. The lowest BCUT2D eigenvalue weighted by Crippen LogP contribution is -2.34. The average Bonchev–Trinajstić information content (AvgIpc) is 3.26. The van der Waals surface area contributed by atoms with Crippen LogP contribution in [0, 0.1) is 6.92 Å². The fourth-order valence-corrected chi connectivity index (χ4v) is 2.81. The molecule has 0 amide bonds. The molecule has 0 atom stereocenters. The van der Waals surface area contributed by atoms with E-state index in [2.05, 4.69) is 25.3 Å². The molecule has 1 aliphatic carbocycles. The quantitative estimate of drug-likeness (QED) is 0.681. The number of anilines is 2. The zero-order chi connectivity index (χ0) is 17.6. The van der Waals surface area contributed by atoms with Crippen LogP contribution < -0.4 is 11.1 Å². The molecule has 128 valence electrons. The Morgan fingerprint density at radius 3 is 2.68 bits per heavy atom. The van der Waals surface area contributed by atoms with Crippen molar-refractivity contribution in [1.82, 2.24) is 24.5 Å². The summed E-state index contributed by atoms with van der Waals surface area (Å²) in [5.41, 5.74) is 6.58. The van der Waals surface area contributed by atoms with E-state index in [0.717, 1.165) is 11.0 Å². The first-order chi connectivity index (χ1) is 12.0. The van der Waals surface area contributed by atoms with E-state index in [-0.39, 0.29) is 11.9 Å². The van der Waals surface area contributed by atoms with Crippen LogP contribution in [-0.2, 0) is 9.53 Å². The normalized spacial score (nSPS) is 15.1. The number of carbonyl (C=O) groups is 1. The molecule has 0 bridgehead atoms. The van der Waals surface area contributed by atoms with Crippen LogP contribution in [-0.4, -0.2) is 43.1 Å². The molecule has 1 aliphatic rings. The van der Waals surface area contributed by atoms with Crippen LogP contribution in [0.1, 0.15) is 18.7 Å². The van der Waals surface area contributed by atoms with Crippen molar-refractivity contribution in [2.45, 2.75) is 25.3 Å². The van der Waals surface area contributed by atoms with Gasteiger partial charge in [0.2, 0.25) is 17.8 Å². The third-order valence-electron chi connectivity index (χ3n) is 4.19. The van der Waals surface area contributed by atoms with E-state index < -0.39 is 5.54 Å². The summed E-state index contributed by atoms with van der Waals surface area (Å²) in [6.45, 7) is 1.74. The predicted octanol–water partition coefficient (Wildman–Crippen LogP) is 1.22. The summed E-state index contributed by atoms with van der Waals surface area (Å²) in [6, 6.07) is 7.57. The zero-order valence-corrected chi connectivity index (χ0v) is 13.9. The highest BCUT2D eigenvalue weighted by Crippen LogP contribution is 2.40. The van der Waals surface area contributed by atoms with Crippen molar-refractivity contribution in [3.05, 3.63) is 30.1 Å². The van der Waals surface area contributed by atoms with Crippen LogP contribution in [0.15, 0.2) is 24.3 Å². The van der Waals surface area contributed by atoms with Crippen molar-refractivity contribution >= 4 is 28.9 Å². The van der Waals surface area contributed by atoms with E-state index in [9.17, 15) is 4.79 Å². The Morgan fingerprint density at radius 2 is 2.00 bits per heavy atom. The largest absolute Gasteiger partial charge is 0.467 e. The molecule has 3 N–H and O–H groups in total. The number of hydrogen-bond acceptors (Lipinski definition) is 8. The summed E-state index contributed by atoms with van der Waals surface area (Å²) < 4.78 is 6.65. The molecule has 3 aromatic rings. The van der Waals surface area contributed by atoms with Crippen molar-refractivity contribution in [2.24, 2.45) is 0 Å². The van der Waals surface area contributed by atoms with Gasteiger partial charge in [0.1, 0.15) is 11.4 Å². The molecule has 1 aromatic carbocycles. The second-order valence-corrected chi connectivity index (χ2v) is 6.00. The molecule has 1 fully saturated rings. The molecular weight excluding hydrogens is 322 g/mol. The molecule has 0 aliphatic heterocycles. The number of aryl methyl sites for hydroxylation is 1. The summed E-state index contributed by atoms with van der Waals surface area (Å²) in [5, 5.41) is 3.21. The summed E-state index contributed by atoms with van der Waals surface area (Å²) >= 11 is 0.